The van der Waals surface area contributed by atoms with Crippen LogP contribution >= 0.6 is 11.6 Å². The second kappa shape index (κ2) is 9.88. The molecule has 25 heavy (non-hydrogen) atoms. The van der Waals surface area contributed by atoms with E-state index in [-0.39, 0.29) is 18.5 Å². The highest BCUT2D eigenvalue weighted by Gasteiger charge is 2.23. The van der Waals surface area contributed by atoms with Gasteiger partial charge in [0, 0.05) is 5.02 Å². The molecule has 1 saturated carbocycles. The van der Waals surface area contributed by atoms with Gasteiger partial charge in [-0.1, -0.05) is 30.9 Å². The SMILES string of the molecule is O=C(COC(=O)C1CCCCC1)NNC(=O)COc1ccc(Cl)cc1. The van der Waals surface area contributed by atoms with E-state index in [1.807, 2.05) is 0 Å². The van der Waals surface area contributed by atoms with E-state index in [0.29, 0.717) is 10.8 Å². The maximum Gasteiger partial charge on any atom is 0.309 e. The molecule has 0 spiro atoms. The summed E-state index contributed by atoms with van der Waals surface area (Å²) in [6.45, 7) is -0.697. The summed E-state index contributed by atoms with van der Waals surface area (Å²) in [5.74, 6) is -1.14. The number of benzene rings is 1. The van der Waals surface area contributed by atoms with E-state index >= 15 is 0 Å². The van der Waals surface area contributed by atoms with Crippen LogP contribution in [0.3, 0.4) is 0 Å². The highest BCUT2D eigenvalue weighted by molar-refractivity contribution is 6.30. The van der Waals surface area contributed by atoms with Crippen molar-refractivity contribution in [1.82, 2.24) is 10.9 Å². The molecule has 136 valence electrons. The molecule has 1 aliphatic rings. The van der Waals surface area contributed by atoms with Crippen LogP contribution in [-0.4, -0.2) is 31.0 Å². The van der Waals surface area contributed by atoms with E-state index < -0.39 is 18.4 Å². The number of halogens is 1. The Labute approximate surface area is 151 Å². The maximum absolute atomic E-state index is 11.8. The molecule has 0 unspecified atom stereocenters. The first-order chi connectivity index (χ1) is 12.0. The summed E-state index contributed by atoms with van der Waals surface area (Å²) in [5, 5.41) is 0.562. The van der Waals surface area contributed by atoms with Crippen LogP contribution in [0.1, 0.15) is 32.1 Å². The Bertz CT molecular complexity index is 600. The molecule has 0 aliphatic heterocycles. The third kappa shape index (κ3) is 7.01. The van der Waals surface area contributed by atoms with Crippen molar-refractivity contribution in [3.05, 3.63) is 29.3 Å². The average Bonchev–Trinajstić information content (AvgIpc) is 2.64. The molecule has 2 amide bonds. The highest BCUT2D eigenvalue weighted by atomic mass is 35.5. The second-order valence-electron chi connectivity index (χ2n) is 5.78. The number of hydrogen-bond donors (Lipinski definition) is 2. The molecule has 2 N–H and O–H groups in total. The summed E-state index contributed by atoms with van der Waals surface area (Å²) in [4.78, 5) is 35.0. The van der Waals surface area contributed by atoms with Gasteiger partial charge in [-0.05, 0) is 37.1 Å². The lowest BCUT2D eigenvalue weighted by atomic mass is 9.89. The lowest BCUT2D eigenvalue weighted by Gasteiger charge is -2.19. The van der Waals surface area contributed by atoms with E-state index in [1.54, 1.807) is 24.3 Å². The fourth-order valence-corrected chi connectivity index (χ4v) is 2.61. The number of hydrogen-bond acceptors (Lipinski definition) is 5. The van der Waals surface area contributed by atoms with E-state index in [9.17, 15) is 14.4 Å². The molecule has 0 heterocycles. The minimum Gasteiger partial charge on any atom is -0.484 e. The summed E-state index contributed by atoms with van der Waals surface area (Å²) in [5.41, 5.74) is 4.36. The number of ether oxygens (including phenoxy) is 2. The fourth-order valence-electron chi connectivity index (χ4n) is 2.48. The number of esters is 1. The number of amides is 2. The molecule has 0 bridgehead atoms. The van der Waals surface area contributed by atoms with E-state index in [1.165, 1.54) is 0 Å². The van der Waals surface area contributed by atoms with Gasteiger partial charge >= 0.3 is 5.97 Å². The Balaban J connectivity index is 1.59. The molecule has 0 atom stereocenters. The first kappa shape index (κ1) is 19.1. The van der Waals surface area contributed by atoms with Crippen LogP contribution in [0, 0.1) is 5.92 Å². The molecule has 1 fully saturated rings. The summed E-state index contributed by atoms with van der Waals surface area (Å²) in [6.07, 6.45) is 4.76. The van der Waals surface area contributed by atoms with Crippen molar-refractivity contribution in [3.8, 4) is 5.75 Å². The lowest BCUT2D eigenvalue weighted by molar-refractivity contribution is -0.153. The summed E-state index contributed by atoms with van der Waals surface area (Å²) >= 11 is 5.74. The fraction of sp³-hybridized carbons (Fsp3) is 0.471. The van der Waals surface area contributed by atoms with Gasteiger partial charge in [-0.2, -0.15) is 0 Å². The molecular formula is C17H21ClN2O5. The quantitative estimate of drug-likeness (QED) is 0.591. The Morgan fingerprint density at radius 2 is 1.56 bits per heavy atom. The minimum atomic E-state index is -0.607. The van der Waals surface area contributed by atoms with Gasteiger partial charge in [0.25, 0.3) is 11.8 Å². The predicted octanol–water partition coefficient (Wildman–Crippen LogP) is 1.99. The van der Waals surface area contributed by atoms with Crippen LogP contribution in [0.25, 0.3) is 0 Å². The van der Waals surface area contributed by atoms with Gasteiger partial charge in [0.15, 0.2) is 13.2 Å². The first-order valence-electron chi connectivity index (χ1n) is 8.17. The Morgan fingerprint density at radius 3 is 2.20 bits per heavy atom. The zero-order valence-electron chi connectivity index (χ0n) is 13.8. The van der Waals surface area contributed by atoms with Gasteiger partial charge in [0.05, 0.1) is 5.92 Å². The topological polar surface area (TPSA) is 93.7 Å². The van der Waals surface area contributed by atoms with E-state index in [2.05, 4.69) is 10.9 Å². The number of carbonyl (C=O) groups is 3. The zero-order chi connectivity index (χ0) is 18.1. The molecular weight excluding hydrogens is 348 g/mol. The van der Waals surface area contributed by atoms with E-state index in [4.69, 9.17) is 21.1 Å². The smallest absolute Gasteiger partial charge is 0.309 e. The van der Waals surface area contributed by atoms with Crippen LogP contribution in [0.15, 0.2) is 24.3 Å². The largest absolute Gasteiger partial charge is 0.484 e. The standard InChI is InChI=1S/C17H21ClN2O5/c18-13-6-8-14(9-7-13)24-10-15(21)19-20-16(22)11-25-17(23)12-4-2-1-3-5-12/h6-9,12H,1-5,10-11H2,(H,19,21)(H,20,22). The number of nitrogens with one attached hydrogen (secondary N) is 2. The minimum absolute atomic E-state index is 0.121. The van der Waals surface area contributed by atoms with Crippen molar-refractivity contribution < 1.29 is 23.9 Å². The third-order valence-electron chi connectivity index (χ3n) is 3.81. The van der Waals surface area contributed by atoms with Crippen LogP contribution in [0.5, 0.6) is 5.75 Å². The molecule has 0 radical (unpaired) electrons. The third-order valence-corrected chi connectivity index (χ3v) is 4.06. The molecule has 2 rings (SSSR count). The van der Waals surface area contributed by atoms with Gasteiger partial charge < -0.3 is 9.47 Å². The first-order valence-corrected chi connectivity index (χ1v) is 8.55. The van der Waals surface area contributed by atoms with Crippen LogP contribution in [0.4, 0.5) is 0 Å². The molecule has 0 saturated heterocycles. The van der Waals surface area contributed by atoms with Crippen molar-refractivity contribution in [2.24, 2.45) is 5.92 Å². The summed E-state index contributed by atoms with van der Waals surface area (Å²) < 4.78 is 10.2. The van der Waals surface area contributed by atoms with Crippen molar-refractivity contribution in [3.63, 3.8) is 0 Å². The van der Waals surface area contributed by atoms with Crippen LogP contribution < -0.4 is 15.6 Å². The van der Waals surface area contributed by atoms with Gasteiger partial charge in [0.2, 0.25) is 0 Å². The molecule has 8 heteroatoms. The Hall–Kier alpha value is -2.28. The summed E-state index contributed by atoms with van der Waals surface area (Å²) in [6, 6.07) is 6.52. The molecule has 1 aromatic carbocycles. The van der Waals surface area contributed by atoms with Crippen LogP contribution in [0.2, 0.25) is 5.02 Å². The van der Waals surface area contributed by atoms with Crippen LogP contribution in [-0.2, 0) is 19.1 Å². The van der Waals surface area contributed by atoms with Crippen molar-refractivity contribution in [2.75, 3.05) is 13.2 Å². The zero-order valence-corrected chi connectivity index (χ0v) is 14.5. The van der Waals surface area contributed by atoms with Gasteiger partial charge in [-0.3, -0.25) is 25.2 Å². The molecule has 1 aromatic rings. The lowest BCUT2D eigenvalue weighted by Crippen LogP contribution is -2.45. The maximum atomic E-state index is 11.8. The average molecular weight is 369 g/mol. The number of hydrazine groups is 1. The predicted molar refractivity (Wildman–Crippen MR) is 90.8 cm³/mol. The van der Waals surface area contributed by atoms with Crippen molar-refractivity contribution in [2.45, 2.75) is 32.1 Å². The van der Waals surface area contributed by atoms with Gasteiger partial charge in [-0.15, -0.1) is 0 Å². The van der Waals surface area contributed by atoms with Gasteiger partial charge in [-0.25, -0.2) is 0 Å². The van der Waals surface area contributed by atoms with Gasteiger partial charge in [0.1, 0.15) is 5.75 Å². The van der Waals surface area contributed by atoms with Crippen molar-refractivity contribution in [1.29, 1.82) is 0 Å². The highest BCUT2D eigenvalue weighted by Crippen LogP contribution is 2.24. The number of rotatable bonds is 6. The normalized spacial score (nSPS) is 14.4. The number of carbonyl (C=O) groups excluding carboxylic acids is 3. The Morgan fingerprint density at radius 1 is 0.960 bits per heavy atom. The molecule has 7 nitrogen and oxygen atoms in total. The molecule has 0 aromatic heterocycles. The summed E-state index contributed by atoms with van der Waals surface area (Å²) in [7, 11) is 0. The monoisotopic (exact) mass is 368 g/mol. The molecule has 1 aliphatic carbocycles. The van der Waals surface area contributed by atoms with Crippen molar-refractivity contribution >= 4 is 29.4 Å². The Kier molecular flexibility index (Phi) is 7.53. The second-order valence-corrected chi connectivity index (χ2v) is 6.22. The van der Waals surface area contributed by atoms with E-state index in [0.717, 1.165) is 32.1 Å².